The van der Waals surface area contributed by atoms with Gasteiger partial charge < -0.3 is 24.7 Å². The fourth-order valence-electron chi connectivity index (χ4n) is 4.20. The average molecular weight is 523 g/mol. The molecule has 0 fully saturated rings. The van der Waals surface area contributed by atoms with Crippen LogP contribution in [-0.4, -0.2) is 50.3 Å². The van der Waals surface area contributed by atoms with E-state index in [0.29, 0.717) is 27.8 Å². The van der Waals surface area contributed by atoms with Crippen molar-refractivity contribution in [1.82, 2.24) is 4.57 Å². The lowest BCUT2D eigenvalue weighted by Gasteiger charge is -2.24. The number of nitrogen functional groups attached to an aromatic ring is 1. The smallest absolute Gasteiger partial charge is 0.357 e. The number of carbonyl (C=O) groups is 3. The Kier molecular flexibility index (Phi) is 7.58. The van der Waals surface area contributed by atoms with Crippen LogP contribution in [0.5, 0.6) is 11.5 Å². The lowest BCUT2D eigenvalue weighted by atomic mass is 10.1. The summed E-state index contributed by atoms with van der Waals surface area (Å²) in [6.07, 6.45) is 1.67. The van der Waals surface area contributed by atoms with Gasteiger partial charge in [0.25, 0.3) is 0 Å². The summed E-state index contributed by atoms with van der Waals surface area (Å²) in [6.45, 7) is 1.72. The molecule has 1 aromatic heterocycles. The predicted molar refractivity (Wildman–Crippen MR) is 140 cm³/mol. The number of anilines is 1. The summed E-state index contributed by atoms with van der Waals surface area (Å²) in [5.41, 5.74) is 7.51. The van der Waals surface area contributed by atoms with Crippen LogP contribution in [0.2, 0.25) is 0 Å². The molecular formula is C27H26N2O7S. The van der Waals surface area contributed by atoms with E-state index in [2.05, 4.69) is 0 Å². The largest absolute Gasteiger partial charge is 0.496 e. The van der Waals surface area contributed by atoms with Crippen molar-refractivity contribution in [3.63, 3.8) is 0 Å². The summed E-state index contributed by atoms with van der Waals surface area (Å²) in [6, 6.07) is 14.1. The van der Waals surface area contributed by atoms with E-state index >= 15 is 0 Å². The minimum absolute atomic E-state index is 0.00427. The highest BCUT2D eigenvalue weighted by molar-refractivity contribution is 8.10. The molecule has 0 bridgehead atoms. The number of fused-ring (bicyclic) bond motifs is 1. The highest BCUT2D eigenvalue weighted by Crippen LogP contribution is 2.42. The zero-order chi connectivity index (χ0) is 26.7. The van der Waals surface area contributed by atoms with Crippen molar-refractivity contribution < 1.29 is 33.3 Å². The van der Waals surface area contributed by atoms with Gasteiger partial charge in [-0.1, -0.05) is 48.2 Å². The van der Waals surface area contributed by atoms with E-state index in [1.165, 1.54) is 21.3 Å². The molecule has 0 unspecified atom stereocenters. The number of hydrogen-bond acceptors (Lipinski definition) is 9. The molecule has 37 heavy (non-hydrogen) atoms. The monoisotopic (exact) mass is 522 g/mol. The van der Waals surface area contributed by atoms with Crippen molar-refractivity contribution in [2.75, 3.05) is 33.7 Å². The first-order valence-corrected chi connectivity index (χ1v) is 12.2. The first-order valence-electron chi connectivity index (χ1n) is 11.4. The molecule has 2 N–H and O–H groups in total. The molecule has 10 heteroatoms. The molecule has 4 rings (SSSR count). The van der Waals surface area contributed by atoms with E-state index in [-0.39, 0.29) is 28.2 Å². The van der Waals surface area contributed by atoms with Crippen LogP contribution < -0.4 is 25.8 Å². The lowest BCUT2D eigenvalue weighted by molar-refractivity contribution is -0.133. The first kappa shape index (κ1) is 25.9. The number of esters is 2. The van der Waals surface area contributed by atoms with Gasteiger partial charge >= 0.3 is 11.9 Å². The zero-order valence-corrected chi connectivity index (χ0v) is 21.6. The molecule has 1 aliphatic heterocycles. The van der Waals surface area contributed by atoms with Gasteiger partial charge in [0.1, 0.15) is 21.7 Å². The normalized spacial score (nSPS) is 15.2. The van der Waals surface area contributed by atoms with E-state index in [1.54, 1.807) is 49.4 Å². The van der Waals surface area contributed by atoms with E-state index in [0.717, 1.165) is 16.3 Å². The van der Waals surface area contributed by atoms with Crippen LogP contribution in [0.1, 0.15) is 38.6 Å². The van der Waals surface area contributed by atoms with Crippen molar-refractivity contribution in [1.29, 1.82) is 0 Å². The fourth-order valence-corrected chi connectivity index (χ4v) is 5.45. The molecule has 0 saturated carbocycles. The van der Waals surface area contributed by atoms with Crippen molar-refractivity contribution in [3.05, 3.63) is 75.9 Å². The maximum atomic E-state index is 14.0. The van der Waals surface area contributed by atoms with Gasteiger partial charge in [0, 0.05) is 16.3 Å². The number of ether oxygens (including phenoxy) is 4. The third-order valence-corrected chi connectivity index (χ3v) is 7.13. The molecule has 3 aromatic rings. The average Bonchev–Trinajstić information content (AvgIpc) is 3.21. The van der Waals surface area contributed by atoms with Gasteiger partial charge in [0.2, 0.25) is 5.91 Å². The van der Waals surface area contributed by atoms with Crippen LogP contribution in [0.15, 0.2) is 48.5 Å². The topological polar surface area (TPSA) is 119 Å². The second-order valence-electron chi connectivity index (χ2n) is 7.87. The Morgan fingerprint density at radius 2 is 1.65 bits per heavy atom. The summed E-state index contributed by atoms with van der Waals surface area (Å²) in [5, 5.41) is -0.469. The van der Waals surface area contributed by atoms with Gasteiger partial charge in [0.15, 0.2) is 5.69 Å². The molecule has 1 atom stereocenters. The number of hydrogen-bond donors (Lipinski definition) is 1. The highest BCUT2D eigenvalue weighted by atomic mass is 32.2. The number of para-hydroxylation sites is 2. The van der Waals surface area contributed by atoms with Crippen LogP contribution in [0.25, 0.3) is 11.0 Å². The highest BCUT2D eigenvalue weighted by Gasteiger charge is 2.39. The number of methoxy groups -OCH3 is 3. The molecular weight excluding hydrogens is 496 g/mol. The molecule has 1 aliphatic rings. The number of rotatable bonds is 7. The Morgan fingerprint density at radius 1 is 1.00 bits per heavy atom. The van der Waals surface area contributed by atoms with Crippen LogP contribution in [0, 0.1) is 0 Å². The van der Waals surface area contributed by atoms with E-state index in [1.807, 2.05) is 12.1 Å². The molecule has 2 heterocycles. The maximum absolute atomic E-state index is 14.0. The fraction of sp³-hybridized carbons (Fsp3) is 0.222. The Bertz CT molecular complexity index is 1510. The maximum Gasteiger partial charge on any atom is 0.357 e. The molecule has 9 nitrogen and oxygen atoms in total. The van der Waals surface area contributed by atoms with Crippen molar-refractivity contribution >= 4 is 46.3 Å². The predicted octanol–water partition coefficient (Wildman–Crippen LogP) is 2.50. The number of thioether (sulfide) groups is 1. The zero-order valence-electron chi connectivity index (χ0n) is 20.8. The number of aromatic nitrogens is 1. The Balaban J connectivity index is 2.13. The summed E-state index contributed by atoms with van der Waals surface area (Å²) < 4.78 is 22.4. The first-order chi connectivity index (χ1) is 17.9. The Labute approximate surface area is 217 Å². The summed E-state index contributed by atoms with van der Waals surface area (Å²) in [5.74, 6) is -0.947. The molecule has 0 aliphatic carbocycles. The number of benzene rings is 2. The summed E-state index contributed by atoms with van der Waals surface area (Å²) >= 11 is 1.01. The van der Waals surface area contributed by atoms with Crippen LogP contribution in [0.4, 0.5) is 5.69 Å². The van der Waals surface area contributed by atoms with Gasteiger partial charge in [-0.2, -0.15) is 0 Å². The van der Waals surface area contributed by atoms with Crippen LogP contribution in [0.3, 0.4) is 0 Å². The number of nitrogens with zero attached hydrogens (tertiary/aromatic N) is 1. The number of carbonyl (C=O) groups excluding carboxylic acids is 3. The minimum Gasteiger partial charge on any atom is -0.496 e. The second kappa shape index (κ2) is 10.8. The lowest BCUT2D eigenvalue weighted by Crippen LogP contribution is -2.42. The molecule has 0 spiro atoms. The molecule has 192 valence electrons. The van der Waals surface area contributed by atoms with Crippen molar-refractivity contribution in [3.8, 4) is 11.5 Å². The second-order valence-corrected chi connectivity index (χ2v) is 8.98. The van der Waals surface area contributed by atoms with E-state index < -0.39 is 23.1 Å². The van der Waals surface area contributed by atoms with Gasteiger partial charge in [-0.3, -0.25) is 9.36 Å². The molecule has 0 amide bonds. The summed E-state index contributed by atoms with van der Waals surface area (Å²) in [4.78, 5) is 40.3. The summed E-state index contributed by atoms with van der Waals surface area (Å²) in [7, 11) is 4.26. The van der Waals surface area contributed by atoms with Gasteiger partial charge in [-0.25, -0.2) is 9.59 Å². The van der Waals surface area contributed by atoms with Crippen LogP contribution >= 0.6 is 11.8 Å². The molecule has 0 radical (unpaired) electrons. The van der Waals surface area contributed by atoms with Gasteiger partial charge in [0.05, 0.1) is 39.0 Å². The number of nitrogens with two attached hydrogens (primary N) is 1. The van der Waals surface area contributed by atoms with Gasteiger partial charge in [-0.15, -0.1) is 0 Å². The molecule has 2 aromatic carbocycles. The standard InChI is InChI=1S/C27H26N2O7S/c1-5-36-26(31)22-20(28)17(14-15-10-6-8-12-18(15)33-2)21-24(27(32)35-4)37-23(25(30)29(21)22)16-11-7-9-13-19(16)34-3/h6-14,23H,5,28H2,1-4H3/b17-14+/t23-/m1/s1. The third-order valence-electron chi connectivity index (χ3n) is 5.84. The Morgan fingerprint density at radius 3 is 2.30 bits per heavy atom. The molecule has 0 saturated heterocycles. The third kappa shape index (κ3) is 4.55. The van der Waals surface area contributed by atoms with Crippen LogP contribution in [-0.2, 0) is 14.3 Å². The SMILES string of the molecule is CCOC(=O)c1c(N)/c(=C\c2ccccc2OC)c2n1C(=O)[C@@H](c1ccccc1OC)SC=2C(=O)OC. The van der Waals surface area contributed by atoms with E-state index in [4.69, 9.17) is 24.7 Å². The van der Waals surface area contributed by atoms with Gasteiger partial charge in [-0.05, 0) is 25.1 Å². The Hall–Kier alpha value is -4.18. The quantitative estimate of drug-likeness (QED) is 0.467. The minimum atomic E-state index is -0.920. The van der Waals surface area contributed by atoms with Crippen molar-refractivity contribution in [2.45, 2.75) is 12.2 Å². The van der Waals surface area contributed by atoms with Crippen molar-refractivity contribution in [2.24, 2.45) is 0 Å². The van der Waals surface area contributed by atoms with E-state index in [9.17, 15) is 14.4 Å².